The number of carbonyl (C=O) groups excluding carboxylic acids is 1. The predicted molar refractivity (Wildman–Crippen MR) is 99.7 cm³/mol. The zero-order valence-electron chi connectivity index (χ0n) is 15.8. The van der Waals surface area contributed by atoms with Crippen molar-refractivity contribution in [3.8, 4) is 22.8 Å². The number of carbonyl (C=O) groups is 1. The quantitative estimate of drug-likeness (QED) is 0.527. The molecule has 1 N–H and O–H groups in total. The molecule has 1 amide bonds. The molecule has 0 saturated carbocycles. The number of hydrogen-bond acceptors (Lipinski definition) is 6. The number of benzene rings is 1. The van der Waals surface area contributed by atoms with Crippen LogP contribution in [0.15, 0.2) is 57.7 Å². The zero-order valence-corrected chi connectivity index (χ0v) is 15.8. The first-order valence-electron chi connectivity index (χ1n) is 9.28. The van der Waals surface area contributed by atoms with E-state index in [0.29, 0.717) is 24.5 Å². The van der Waals surface area contributed by atoms with Gasteiger partial charge < -0.3 is 13.8 Å². The molecule has 3 aromatic heterocycles. The van der Waals surface area contributed by atoms with Gasteiger partial charge in [0.05, 0.1) is 17.7 Å². The summed E-state index contributed by atoms with van der Waals surface area (Å²) in [5, 5.41) is 10.6. The summed E-state index contributed by atoms with van der Waals surface area (Å²) in [5.41, 5.74) is 0.261. The average molecular weight is 429 g/mol. The van der Waals surface area contributed by atoms with Gasteiger partial charge in [-0.3, -0.25) is 9.89 Å². The van der Waals surface area contributed by atoms with E-state index in [1.807, 2.05) is 0 Å². The summed E-state index contributed by atoms with van der Waals surface area (Å²) in [6, 6.07) is 9.81. The van der Waals surface area contributed by atoms with Gasteiger partial charge in [0, 0.05) is 24.7 Å². The van der Waals surface area contributed by atoms with Gasteiger partial charge in [-0.25, -0.2) is 0 Å². The number of aromatic amines is 1. The Bertz CT molecular complexity index is 1220. The molecule has 4 aromatic rings. The van der Waals surface area contributed by atoms with E-state index < -0.39 is 11.7 Å². The maximum absolute atomic E-state index is 12.9. The van der Waals surface area contributed by atoms with Gasteiger partial charge in [-0.2, -0.15) is 23.3 Å². The molecule has 5 rings (SSSR count). The highest BCUT2D eigenvalue weighted by atomic mass is 19.4. The number of nitrogens with zero attached hydrogens (tertiary/aromatic N) is 4. The lowest BCUT2D eigenvalue weighted by atomic mass is 9.99. The van der Waals surface area contributed by atoms with Crippen LogP contribution in [0.2, 0.25) is 0 Å². The first kappa shape index (κ1) is 19.1. The summed E-state index contributed by atoms with van der Waals surface area (Å²) < 4.78 is 49.2. The summed E-state index contributed by atoms with van der Waals surface area (Å²) in [7, 11) is 0. The predicted octanol–water partition coefficient (Wildman–Crippen LogP) is 3.98. The fourth-order valence-electron chi connectivity index (χ4n) is 3.30. The highest BCUT2D eigenvalue weighted by molar-refractivity contribution is 5.93. The van der Waals surface area contributed by atoms with Gasteiger partial charge in [-0.05, 0) is 24.3 Å². The third-order valence-corrected chi connectivity index (χ3v) is 4.99. The molecule has 0 radical (unpaired) electrons. The first-order valence-corrected chi connectivity index (χ1v) is 9.28. The molecular weight excluding hydrogens is 415 g/mol. The van der Waals surface area contributed by atoms with Gasteiger partial charge in [-0.1, -0.05) is 17.3 Å². The van der Waals surface area contributed by atoms with Gasteiger partial charge in [0.1, 0.15) is 5.69 Å². The summed E-state index contributed by atoms with van der Waals surface area (Å²) in [6.45, 7) is 0.679. The molecule has 0 atom stereocenters. The molecule has 8 nitrogen and oxygen atoms in total. The summed E-state index contributed by atoms with van der Waals surface area (Å²) in [4.78, 5) is 18.4. The maximum atomic E-state index is 12.9. The smallest absolute Gasteiger partial charge is 0.416 e. The normalized spacial score (nSPS) is 14.6. The fourth-order valence-corrected chi connectivity index (χ4v) is 3.30. The number of alkyl halides is 3. The molecule has 0 bridgehead atoms. The molecule has 0 aliphatic carbocycles. The Kier molecular flexibility index (Phi) is 4.38. The second-order valence-corrected chi connectivity index (χ2v) is 7.09. The monoisotopic (exact) mass is 429 g/mol. The van der Waals surface area contributed by atoms with Gasteiger partial charge in [0.25, 0.3) is 5.91 Å². The molecule has 1 aromatic carbocycles. The number of H-pyrrole nitrogens is 1. The van der Waals surface area contributed by atoms with Gasteiger partial charge >= 0.3 is 6.18 Å². The minimum atomic E-state index is -4.46. The van der Waals surface area contributed by atoms with E-state index in [0.717, 1.165) is 12.1 Å². The van der Waals surface area contributed by atoms with Crippen molar-refractivity contribution in [2.75, 3.05) is 13.1 Å². The second-order valence-electron chi connectivity index (χ2n) is 7.09. The maximum Gasteiger partial charge on any atom is 0.416 e. The van der Waals surface area contributed by atoms with Crippen LogP contribution in [-0.4, -0.2) is 44.2 Å². The van der Waals surface area contributed by atoms with Crippen molar-refractivity contribution >= 4 is 5.91 Å². The standard InChI is InChI=1S/C20H14F3N5O3/c21-20(22,23)13-4-1-3-11(7-13)17-24-18(31-27-17)12-9-28(10-12)19(29)15-8-14(25-26-15)16-5-2-6-30-16/h1-8,12H,9-10H2,(H,25,26). The van der Waals surface area contributed by atoms with Crippen LogP contribution in [0.1, 0.15) is 27.9 Å². The number of amides is 1. The first-order chi connectivity index (χ1) is 14.9. The van der Waals surface area contributed by atoms with Crippen molar-refractivity contribution in [2.45, 2.75) is 12.1 Å². The average Bonchev–Trinajstić information content (AvgIpc) is 3.46. The van der Waals surface area contributed by atoms with E-state index in [-0.39, 0.29) is 34.8 Å². The molecular formula is C20H14F3N5O3. The lowest BCUT2D eigenvalue weighted by molar-refractivity contribution is -0.137. The third kappa shape index (κ3) is 3.58. The number of hydrogen-bond donors (Lipinski definition) is 1. The molecule has 158 valence electrons. The Balaban J connectivity index is 1.25. The number of rotatable bonds is 4. The van der Waals surface area contributed by atoms with Crippen molar-refractivity contribution in [1.82, 2.24) is 25.2 Å². The molecule has 31 heavy (non-hydrogen) atoms. The minimum Gasteiger partial charge on any atom is -0.463 e. The Morgan fingerprint density at radius 2 is 2.00 bits per heavy atom. The van der Waals surface area contributed by atoms with E-state index >= 15 is 0 Å². The zero-order chi connectivity index (χ0) is 21.6. The molecule has 1 aliphatic rings. The fraction of sp³-hybridized carbons (Fsp3) is 0.200. The number of nitrogens with one attached hydrogen (secondary N) is 1. The van der Waals surface area contributed by atoms with E-state index in [1.54, 1.807) is 23.1 Å². The van der Waals surface area contributed by atoms with E-state index in [2.05, 4.69) is 20.3 Å². The molecule has 1 saturated heterocycles. The summed E-state index contributed by atoms with van der Waals surface area (Å²) in [5.74, 6) is 0.458. The van der Waals surface area contributed by atoms with Crippen LogP contribution in [0.25, 0.3) is 22.8 Å². The van der Waals surface area contributed by atoms with Crippen molar-refractivity contribution in [2.24, 2.45) is 0 Å². The largest absolute Gasteiger partial charge is 0.463 e. The van der Waals surface area contributed by atoms with Crippen molar-refractivity contribution < 1.29 is 26.9 Å². The Labute approximate surface area is 172 Å². The van der Waals surface area contributed by atoms with Crippen LogP contribution >= 0.6 is 0 Å². The van der Waals surface area contributed by atoms with E-state index in [1.165, 1.54) is 18.4 Å². The van der Waals surface area contributed by atoms with Crippen LogP contribution < -0.4 is 0 Å². The highest BCUT2D eigenvalue weighted by Gasteiger charge is 2.37. The summed E-state index contributed by atoms with van der Waals surface area (Å²) >= 11 is 0. The topological polar surface area (TPSA) is 101 Å². The van der Waals surface area contributed by atoms with Gasteiger partial charge in [-0.15, -0.1) is 0 Å². The van der Waals surface area contributed by atoms with Gasteiger partial charge in [0.15, 0.2) is 11.5 Å². The van der Waals surface area contributed by atoms with Crippen LogP contribution in [0.4, 0.5) is 13.2 Å². The van der Waals surface area contributed by atoms with E-state index in [9.17, 15) is 18.0 Å². The van der Waals surface area contributed by atoms with E-state index in [4.69, 9.17) is 8.94 Å². The van der Waals surface area contributed by atoms with Crippen molar-refractivity contribution in [1.29, 1.82) is 0 Å². The third-order valence-electron chi connectivity index (χ3n) is 4.99. The minimum absolute atomic E-state index is 0.0706. The number of aromatic nitrogens is 4. The molecule has 4 heterocycles. The number of halogens is 3. The van der Waals surface area contributed by atoms with Gasteiger partial charge in [0.2, 0.25) is 11.7 Å². The Morgan fingerprint density at radius 1 is 1.16 bits per heavy atom. The molecule has 1 fully saturated rings. The van der Waals surface area contributed by atoms with Crippen LogP contribution in [-0.2, 0) is 6.18 Å². The second kappa shape index (κ2) is 7.11. The number of likely N-dealkylation sites (tertiary alicyclic amines) is 1. The lowest BCUT2D eigenvalue weighted by Crippen LogP contribution is -2.48. The Hall–Kier alpha value is -3.89. The van der Waals surface area contributed by atoms with Crippen LogP contribution in [0, 0.1) is 0 Å². The van der Waals surface area contributed by atoms with Crippen LogP contribution in [0.3, 0.4) is 0 Å². The molecule has 1 aliphatic heterocycles. The Morgan fingerprint density at radius 3 is 2.74 bits per heavy atom. The SMILES string of the molecule is O=C(c1cc(-c2ccco2)[nH]n1)N1CC(c2nc(-c3cccc(C(F)(F)F)c3)no2)C1. The summed E-state index contributed by atoms with van der Waals surface area (Å²) in [6.07, 6.45) is -2.93. The molecule has 0 unspecified atom stereocenters. The lowest BCUT2D eigenvalue weighted by Gasteiger charge is -2.36. The highest BCUT2D eigenvalue weighted by Crippen LogP contribution is 2.33. The molecule has 0 spiro atoms. The van der Waals surface area contributed by atoms with Crippen LogP contribution in [0.5, 0.6) is 0 Å². The molecule has 11 heteroatoms. The number of furan rings is 1. The van der Waals surface area contributed by atoms with Crippen molar-refractivity contribution in [3.63, 3.8) is 0 Å². The van der Waals surface area contributed by atoms with Crippen molar-refractivity contribution in [3.05, 3.63) is 65.9 Å².